The average molecular weight is 533 g/mol. The van der Waals surface area contributed by atoms with Crippen molar-refractivity contribution in [2.75, 3.05) is 48.6 Å². The van der Waals surface area contributed by atoms with Crippen molar-refractivity contribution < 1.29 is 79.9 Å². The zero-order chi connectivity index (χ0) is 26.2. The van der Waals surface area contributed by atoms with E-state index >= 15 is 0 Å². The normalized spacial score (nSPS) is 11.1. The molecule has 0 saturated heterocycles. The number of hydrogen-bond donors (Lipinski definition) is 1. The third kappa shape index (κ3) is 11.5. The molecule has 1 N–H and O–H groups in total. The zero-order valence-electron chi connectivity index (χ0n) is 22.3. The smallest absolute Gasteiger partial charge is 0.689 e. The summed E-state index contributed by atoms with van der Waals surface area (Å²) in [4.78, 5) is 12.0. The molecule has 0 unspecified atom stereocenters. The second-order valence-electron chi connectivity index (χ2n) is 7.22. The van der Waals surface area contributed by atoms with Gasteiger partial charge in [-0.15, -0.1) is 6.54 Å². The molecule has 0 radical (unpaired) electrons. The predicted molar refractivity (Wildman–Crippen MR) is 143 cm³/mol. The fraction of sp³-hybridized carbons (Fsp3) is 0.250. The van der Waals surface area contributed by atoms with E-state index in [0.717, 1.165) is 22.6 Å². The van der Waals surface area contributed by atoms with Crippen LogP contribution in [0.25, 0.3) is 17.5 Å². The van der Waals surface area contributed by atoms with Gasteiger partial charge in [0.15, 0.2) is 11.5 Å². The molecule has 0 saturated carbocycles. The second kappa shape index (κ2) is 18.5. The van der Waals surface area contributed by atoms with Crippen molar-refractivity contribution in [3.63, 3.8) is 0 Å². The number of ether oxygens (including phenoxy) is 5. The van der Waals surface area contributed by atoms with E-state index in [2.05, 4.69) is 10.6 Å². The third-order valence-corrected chi connectivity index (χ3v) is 4.84. The molecule has 0 atom stereocenters. The summed E-state index contributed by atoms with van der Waals surface area (Å²) in [7, 11) is 7.91. The standard InChI is InChI=1S/C28H33N2O6.K/c1-32-23-16-21(17-24(20-23)33-2)11-8-9-13-29-14-15-30-27(31)12-7-6-10-22-18-25(34-3)28(36-5)26(19-22)35-4;/h6-13,16-20H,14-15H2,1-5H3,(H,30,31);/q-1;+1/b10-6+,11-8+,12-7+,13-9?;. The van der Waals surface area contributed by atoms with Crippen LogP contribution in [0.15, 0.2) is 66.9 Å². The van der Waals surface area contributed by atoms with Crippen LogP contribution in [0.2, 0.25) is 0 Å². The van der Waals surface area contributed by atoms with Crippen molar-refractivity contribution in [2.45, 2.75) is 0 Å². The van der Waals surface area contributed by atoms with Gasteiger partial charge in [-0.05, 0) is 35.4 Å². The van der Waals surface area contributed by atoms with Crippen LogP contribution in [-0.4, -0.2) is 54.5 Å². The van der Waals surface area contributed by atoms with Gasteiger partial charge in [0, 0.05) is 18.7 Å². The van der Waals surface area contributed by atoms with Crippen LogP contribution in [0, 0.1) is 0 Å². The molecular weight excluding hydrogens is 499 g/mol. The molecule has 37 heavy (non-hydrogen) atoms. The summed E-state index contributed by atoms with van der Waals surface area (Å²) in [6.45, 7) is 0.902. The van der Waals surface area contributed by atoms with E-state index in [-0.39, 0.29) is 57.3 Å². The largest absolute Gasteiger partial charge is 1.00 e. The molecule has 9 heteroatoms. The minimum Gasteiger partial charge on any atom is -0.689 e. The van der Waals surface area contributed by atoms with E-state index in [4.69, 9.17) is 23.7 Å². The number of allylic oxidation sites excluding steroid dienone is 4. The van der Waals surface area contributed by atoms with E-state index in [1.54, 1.807) is 53.9 Å². The SMILES string of the molecule is COc1cc(/C=C/C=C[N-]CCNC(=O)/C=C/C=C/c2cc(OC)c(OC)c(OC)c2)cc(OC)c1.[K+]. The van der Waals surface area contributed by atoms with Crippen molar-refractivity contribution in [3.8, 4) is 28.7 Å². The summed E-state index contributed by atoms with van der Waals surface area (Å²) in [6.07, 6.45) is 14.0. The number of benzene rings is 2. The predicted octanol–water partition coefficient (Wildman–Crippen LogP) is 2.02. The minimum atomic E-state index is -0.199. The molecule has 1 amide bonds. The van der Waals surface area contributed by atoms with Crippen molar-refractivity contribution in [2.24, 2.45) is 0 Å². The second-order valence-corrected chi connectivity index (χ2v) is 7.22. The average Bonchev–Trinajstić information content (AvgIpc) is 2.91. The maximum atomic E-state index is 12.0. The molecule has 0 fully saturated rings. The molecule has 0 bridgehead atoms. The molecule has 2 aromatic carbocycles. The molecule has 0 heterocycles. The number of nitrogens with one attached hydrogen (secondary N) is 1. The van der Waals surface area contributed by atoms with Crippen LogP contribution in [0.4, 0.5) is 0 Å². The van der Waals surface area contributed by atoms with E-state index in [0.29, 0.717) is 30.3 Å². The Balaban J connectivity index is 0.00000684. The van der Waals surface area contributed by atoms with Crippen LogP contribution >= 0.6 is 0 Å². The fourth-order valence-electron chi connectivity index (χ4n) is 3.09. The van der Waals surface area contributed by atoms with Gasteiger partial charge in [0.05, 0.1) is 35.5 Å². The molecule has 0 spiro atoms. The van der Waals surface area contributed by atoms with Crippen LogP contribution in [0.1, 0.15) is 11.1 Å². The fourth-order valence-corrected chi connectivity index (χ4v) is 3.09. The van der Waals surface area contributed by atoms with E-state index in [9.17, 15) is 4.79 Å². The van der Waals surface area contributed by atoms with Crippen molar-refractivity contribution in [1.82, 2.24) is 5.32 Å². The Morgan fingerprint density at radius 2 is 1.32 bits per heavy atom. The van der Waals surface area contributed by atoms with Gasteiger partial charge in [-0.25, -0.2) is 0 Å². The summed E-state index contributed by atoms with van der Waals surface area (Å²) in [5, 5.41) is 7.04. The number of carbonyl (C=O) groups excluding carboxylic acids is 1. The Kier molecular flexibility index (Phi) is 16.2. The van der Waals surface area contributed by atoms with Gasteiger partial charge < -0.3 is 34.3 Å². The molecule has 0 aromatic heterocycles. The van der Waals surface area contributed by atoms with Crippen molar-refractivity contribution >= 4 is 18.1 Å². The number of carbonyl (C=O) groups is 1. The molecule has 192 valence electrons. The number of methoxy groups -OCH3 is 5. The molecule has 0 aliphatic carbocycles. The molecule has 8 nitrogen and oxygen atoms in total. The van der Waals surface area contributed by atoms with Gasteiger partial charge in [-0.1, -0.05) is 36.5 Å². The first kappa shape index (κ1) is 32.3. The Morgan fingerprint density at radius 1 is 0.757 bits per heavy atom. The first-order valence-electron chi connectivity index (χ1n) is 11.2. The van der Waals surface area contributed by atoms with Gasteiger partial charge >= 0.3 is 51.4 Å². The summed E-state index contributed by atoms with van der Waals surface area (Å²) < 4.78 is 26.5. The Bertz CT molecular complexity index is 1060. The van der Waals surface area contributed by atoms with E-state index in [1.807, 2.05) is 54.6 Å². The number of rotatable bonds is 14. The number of nitrogens with zero attached hydrogens (tertiary/aromatic N) is 1. The summed E-state index contributed by atoms with van der Waals surface area (Å²) in [6, 6.07) is 9.28. The van der Waals surface area contributed by atoms with Crippen LogP contribution in [-0.2, 0) is 4.79 Å². The minimum absolute atomic E-state index is 0. The molecule has 2 aromatic rings. The first-order chi connectivity index (χ1) is 17.5. The Labute approximate surface area is 261 Å². The first-order valence-corrected chi connectivity index (χ1v) is 11.2. The third-order valence-electron chi connectivity index (χ3n) is 4.84. The maximum Gasteiger partial charge on any atom is 1.00 e. The van der Waals surface area contributed by atoms with Gasteiger partial charge in [0.25, 0.3) is 0 Å². The van der Waals surface area contributed by atoms with Crippen LogP contribution < -0.4 is 80.4 Å². The van der Waals surface area contributed by atoms with Gasteiger partial charge in [0.2, 0.25) is 11.7 Å². The van der Waals surface area contributed by atoms with Crippen LogP contribution in [0.3, 0.4) is 0 Å². The molecule has 2 rings (SSSR count). The van der Waals surface area contributed by atoms with E-state index < -0.39 is 0 Å². The van der Waals surface area contributed by atoms with Gasteiger partial charge in [-0.2, -0.15) is 6.20 Å². The summed E-state index contributed by atoms with van der Waals surface area (Å²) in [5.74, 6) is 2.91. The van der Waals surface area contributed by atoms with Gasteiger partial charge in [-0.3, -0.25) is 4.79 Å². The zero-order valence-corrected chi connectivity index (χ0v) is 25.4. The summed E-state index contributed by atoms with van der Waals surface area (Å²) >= 11 is 0. The van der Waals surface area contributed by atoms with Crippen molar-refractivity contribution in [1.29, 1.82) is 0 Å². The Hall–Kier alpha value is -2.69. The molecule has 0 aliphatic heterocycles. The number of amides is 1. The number of hydrogen-bond acceptors (Lipinski definition) is 6. The summed E-state index contributed by atoms with van der Waals surface area (Å²) in [5.41, 5.74) is 1.80. The Morgan fingerprint density at radius 3 is 1.86 bits per heavy atom. The molecule has 0 aliphatic rings. The quantitative estimate of drug-likeness (QED) is 0.173. The van der Waals surface area contributed by atoms with E-state index in [1.165, 1.54) is 6.08 Å². The van der Waals surface area contributed by atoms with Crippen molar-refractivity contribution in [3.05, 3.63) is 83.4 Å². The molecular formula is C28H33KN2O6. The maximum absolute atomic E-state index is 12.0. The van der Waals surface area contributed by atoms with Gasteiger partial charge in [0.1, 0.15) is 11.5 Å². The topological polar surface area (TPSA) is 89.4 Å². The monoisotopic (exact) mass is 532 g/mol. The van der Waals surface area contributed by atoms with Crippen LogP contribution in [0.5, 0.6) is 28.7 Å².